The van der Waals surface area contributed by atoms with Crippen molar-refractivity contribution in [2.24, 2.45) is 0 Å². The minimum absolute atomic E-state index is 0.00661. The molecule has 6 aliphatic heterocycles. The molecule has 0 spiro atoms. The standard InChI is InChI=1S/C50H84N6O31S2/c57-15-27-31(88-49-43(73)39(69)35(65)29(17-59)85-49)9-23(61)45(83-27)79-7-5-75-1-3-77-19-21-11-55(53-51-21)13-25-33(63)37(67)41(71)47(81-25)87-48-42(72)38(68)34(64)26(82-48)14-56-12-22(52-54-56)20-78-4-2-76-6-8-80-46-24(62)10-32(28(16-58)84-46)89-50-44(74)40(70)36(66)30(18-60)86-50/h11-12,23-50,57-74H,1-10,13-20H2/t23-,24-,25-,26-,27-,28-,29-,30-,31+,32+,33-,34-,35+,36+,37+,38+,39+,40+,41-,42-,43-,44-,45+,46+,47-,48-,49+,50+/m1/s1. The highest BCUT2D eigenvalue weighted by Gasteiger charge is 2.52. The van der Waals surface area contributed by atoms with Crippen LogP contribution in [0.2, 0.25) is 0 Å². The molecule has 0 saturated carbocycles. The number of aromatic nitrogens is 6. The normalized spacial score (nSPS) is 41.5. The maximum Gasteiger partial charge on any atom is 0.189 e. The van der Waals surface area contributed by atoms with E-state index in [1.54, 1.807) is 0 Å². The molecule has 6 fully saturated rings. The summed E-state index contributed by atoms with van der Waals surface area (Å²) >= 11 is 1.97. The van der Waals surface area contributed by atoms with Gasteiger partial charge in [-0.2, -0.15) is 0 Å². The van der Waals surface area contributed by atoms with Crippen LogP contribution in [0.4, 0.5) is 0 Å². The van der Waals surface area contributed by atoms with E-state index in [4.69, 9.17) is 61.6 Å². The van der Waals surface area contributed by atoms with Crippen molar-refractivity contribution >= 4 is 23.5 Å². The molecule has 0 radical (unpaired) electrons. The van der Waals surface area contributed by atoms with Gasteiger partial charge in [-0.15, -0.1) is 33.7 Å². The molecule has 18 N–H and O–H groups in total. The van der Waals surface area contributed by atoms with Crippen molar-refractivity contribution in [3.05, 3.63) is 23.8 Å². The van der Waals surface area contributed by atoms with Crippen LogP contribution in [0, 0.1) is 0 Å². The molecule has 37 nitrogen and oxygen atoms in total. The second-order valence-corrected chi connectivity index (χ2v) is 24.6. The molecule has 0 unspecified atom stereocenters. The smallest absolute Gasteiger partial charge is 0.189 e. The van der Waals surface area contributed by atoms with Crippen molar-refractivity contribution in [1.29, 1.82) is 0 Å². The zero-order valence-electron chi connectivity index (χ0n) is 47.9. The summed E-state index contributed by atoms with van der Waals surface area (Å²) < 4.78 is 76.2. The SMILES string of the molecule is OC[C@H]1O[C@@H](S[C@H]2C[C@@H](O)[C@@H](OCCOCCOCc3cn(C[C@H]4O[C@H](O[C@H]5O[C@H](Cn6cc(COCCOCCO[C@H]7O[C@H](CO)[C@@H](S[C@@H]8O[C@H](CO)[C@H](O)[C@H](O)[C@H]8O)C[C@H]7O)nn6)[C@@H](O)[C@H](O)[C@H]5O)[C@H](O)[C@@H](O)[C@@H]4O)nn3)O[C@@H]2CO)[C@H](O)[C@@H](O)[C@H]1O. The summed E-state index contributed by atoms with van der Waals surface area (Å²) in [4.78, 5) is 0. The Morgan fingerprint density at radius 3 is 1.10 bits per heavy atom. The summed E-state index contributed by atoms with van der Waals surface area (Å²) in [5, 5.41) is 202. The van der Waals surface area contributed by atoms with Gasteiger partial charge < -0.3 is 153 Å². The molecular formula is C50H84N6O31S2. The first-order valence-corrected chi connectivity index (χ1v) is 30.8. The fourth-order valence-corrected chi connectivity index (χ4v) is 13.4. The Hall–Kier alpha value is -2.26. The Kier molecular flexibility index (Phi) is 28.5. The van der Waals surface area contributed by atoms with E-state index >= 15 is 0 Å². The summed E-state index contributed by atoms with van der Waals surface area (Å²) in [6.07, 6.45) is -31.5. The number of ether oxygens (including phenoxy) is 13. The molecule has 0 aliphatic carbocycles. The van der Waals surface area contributed by atoms with Gasteiger partial charge in [0.25, 0.3) is 0 Å². The first-order chi connectivity index (χ1) is 42.7. The fourth-order valence-electron chi connectivity index (χ4n) is 10.4. The number of aliphatic hydroxyl groups is 18. The second-order valence-electron chi connectivity index (χ2n) is 21.9. The van der Waals surface area contributed by atoms with Crippen molar-refractivity contribution < 1.29 is 153 Å². The molecule has 6 saturated heterocycles. The van der Waals surface area contributed by atoms with E-state index in [2.05, 4.69) is 20.6 Å². The lowest BCUT2D eigenvalue weighted by molar-refractivity contribution is -0.375. The van der Waals surface area contributed by atoms with Crippen LogP contribution in [0.25, 0.3) is 0 Å². The largest absolute Gasteiger partial charge is 0.394 e. The van der Waals surface area contributed by atoms with Gasteiger partial charge in [0.1, 0.15) is 132 Å². The predicted molar refractivity (Wildman–Crippen MR) is 290 cm³/mol. The second kappa shape index (κ2) is 34.9. The van der Waals surface area contributed by atoms with Crippen LogP contribution in [0.5, 0.6) is 0 Å². The quantitative estimate of drug-likeness (QED) is 0.0303. The van der Waals surface area contributed by atoms with Crippen LogP contribution in [0.3, 0.4) is 0 Å². The Balaban J connectivity index is 0.689. The maximum atomic E-state index is 10.9. The third-order valence-corrected chi connectivity index (χ3v) is 18.5. The number of hydrogen-bond acceptors (Lipinski definition) is 37. The molecule has 6 aliphatic rings. The van der Waals surface area contributed by atoms with Crippen molar-refractivity contribution in [2.45, 2.75) is 208 Å². The molecular weight excluding hydrogens is 1240 g/mol. The summed E-state index contributed by atoms with van der Waals surface area (Å²) in [5.74, 6) is 0. The number of rotatable bonds is 32. The lowest BCUT2D eigenvalue weighted by atomic mass is 9.97. The molecule has 512 valence electrons. The minimum atomic E-state index is -1.88. The Bertz CT molecular complexity index is 2200. The molecule has 2 aromatic rings. The third kappa shape index (κ3) is 19.0. The van der Waals surface area contributed by atoms with Gasteiger partial charge in [0, 0.05) is 10.5 Å². The van der Waals surface area contributed by atoms with Crippen LogP contribution >= 0.6 is 23.5 Å². The fraction of sp³-hybridized carbons (Fsp3) is 0.920. The third-order valence-electron chi connectivity index (χ3n) is 15.5. The van der Waals surface area contributed by atoms with E-state index in [0.29, 0.717) is 11.4 Å². The molecule has 0 bridgehead atoms. The number of nitrogens with zero attached hydrogens (tertiary/aromatic N) is 6. The lowest BCUT2D eigenvalue weighted by Gasteiger charge is -2.45. The highest BCUT2D eigenvalue weighted by Crippen LogP contribution is 2.40. The van der Waals surface area contributed by atoms with Crippen molar-refractivity contribution in [1.82, 2.24) is 30.0 Å². The Morgan fingerprint density at radius 2 is 0.719 bits per heavy atom. The molecule has 89 heavy (non-hydrogen) atoms. The summed E-state index contributed by atoms with van der Waals surface area (Å²) in [6.45, 7) is -2.07. The van der Waals surface area contributed by atoms with Gasteiger partial charge in [-0.3, -0.25) is 0 Å². The molecule has 28 atom stereocenters. The van der Waals surface area contributed by atoms with Gasteiger partial charge in [0.15, 0.2) is 25.2 Å². The summed E-state index contributed by atoms with van der Waals surface area (Å²) in [6, 6.07) is 0. The average Bonchev–Trinajstić information content (AvgIpc) is 3.06. The van der Waals surface area contributed by atoms with Gasteiger partial charge >= 0.3 is 0 Å². The van der Waals surface area contributed by atoms with E-state index in [9.17, 15) is 91.9 Å². The highest BCUT2D eigenvalue weighted by atomic mass is 32.2. The molecule has 2 aromatic heterocycles. The van der Waals surface area contributed by atoms with Gasteiger partial charge in [0.2, 0.25) is 0 Å². The minimum Gasteiger partial charge on any atom is -0.394 e. The molecule has 8 rings (SSSR count). The van der Waals surface area contributed by atoms with Crippen LogP contribution in [-0.4, -0.2) is 370 Å². The zero-order chi connectivity index (χ0) is 64.1. The number of aliphatic hydroxyl groups excluding tert-OH is 18. The van der Waals surface area contributed by atoms with Gasteiger partial charge in [0.05, 0.1) is 130 Å². The predicted octanol–water partition coefficient (Wildman–Crippen LogP) is -11.0. The van der Waals surface area contributed by atoms with E-state index < -0.39 is 195 Å². The van der Waals surface area contributed by atoms with Crippen molar-refractivity contribution in [3.63, 3.8) is 0 Å². The van der Waals surface area contributed by atoms with Crippen molar-refractivity contribution in [3.8, 4) is 0 Å². The molecule has 8 heterocycles. The first kappa shape index (κ1) is 72.6. The average molecular weight is 1330 g/mol. The topological polar surface area (TPSA) is 546 Å². The molecule has 0 aromatic carbocycles. The monoisotopic (exact) mass is 1330 g/mol. The molecule has 39 heteroatoms. The van der Waals surface area contributed by atoms with E-state index in [-0.39, 0.29) is 92.0 Å². The van der Waals surface area contributed by atoms with Crippen LogP contribution in [0.1, 0.15) is 24.2 Å². The van der Waals surface area contributed by atoms with Crippen molar-refractivity contribution in [2.75, 3.05) is 79.3 Å². The Labute approximate surface area is 516 Å². The highest BCUT2D eigenvalue weighted by molar-refractivity contribution is 8.00. The zero-order valence-corrected chi connectivity index (χ0v) is 49.5. The summed E-state index contributed by atoms with van der Waals surface area (Å²) in [7, 11) is 0. The van der Waals surface area contributed by atoms with E-state index in [1.165, 1.54) is 21.8 Å². The van der Waals surface area contributed by atoms with E-state index in [0.717, 1.165) is 23.5 Å². The lowest BCUT2D eigenvalue weighted by Crippen LogP contribution is -2.63. The first-order valence-electron chi connectivity index (χ1n) is 28.9. The maximum absolute atomic E-state index is 10.9. The Morgan fingerprint density at radius 1 is 0.382 bits per heavy atom. The van der Waals surface area contributed by atoms with Crippen LogP contribution < -0.4 is 0 Å². The van der Waals surface area contributed by atoms with Crippen LogP contribution in [-0.2, 0) is 87.9 Å². The van der Waals surface area contributed by atoms with Crippen LogP contribution in [0.15, 0.2) is 12.4 Å². The van der Waals surface area contributed by atoms with E-state index in [1.807, 2.05) is 0 Å². The van der Waals surface area contributed by atoms with Gasteiger partial charge in [-0.05, 0) is 12.8 Å². The molecule has 0 amide bonds. The summed E-state index contributed by atoms with van der Waals surface area (Å²) in [5.41, 5.74) is -1.47. The van der Waals surface area contributed by atoms with Gasteiger partial charge in [-0.1, -0.05) is 10.4 Å². The number of thioether (sulfide) groups is 2. The number of hydrogen-bond donors (Lipinski definition) is 18. The van der Waals surface area contributed by atoms with Gasteiger partial charge in [-0.25, -0.2) is 9.36 Å².